The molecule has 96 valence electrons. The van der Waals surface area contributed by atoms with Crippen LogP contribution in [0.2, 0.25) is 0 Å². The zero-order valence-corrected chi connectivity index (χ0v) is 11.8. The van der Waals surface area contributed by atoms with Gasteiger partial charge in [0.15, 0.2) is 0 Å². The maximum atomic E-state index is 11.6. The van der Waals surface area contributed by atoms with E-state index in [9.17, 15) is 4.79 Å². The molecule has 1 atom stereocenters. The lowest BCUT2D eigenvalue weighted by Gasteiger charge is -2.22. The fraction of sp³-hybridized carbons (Fsp3) is 0.615. The second-order valence-electron chi connectivity index (χ2n) is 4.15. The van der Waals surface area contributed by atoms with Gasteiger partial charge in [0.05, 0.1) is 19.1 Å². The van der Waals surface area contributed by atoms with Crippen LogP contribution in [0.5, 0.6) is 0 Å². The first-order chi connectivity index (χ1) is 8.08. The molecule has 1 unspecified atom stereocenters. The van der Waals surface area contributed by atoms with E-state index in [4.69, 9.17) is 4.74 Å². The summed E-state index contributed by atoms with van der Waals surface area (Å²) in [5.74, 6) is -0.127. The molecule has 1 aromatic heterocycles. The third-order valence-corrected chi connectivity index (χ3v) is 3.98. The SMILES string of the molecule is CCOC(=O)CC(c1ccc(CC)s1)N(C)C. The number of rotatable bonds is 6. The zero-order chi connectivity index (χ0) is 12.8. The molecule has 1 aromatic rings. The highest BCUT2D eigenvalue weighted by Crippen LogP contribution is 2.29. The van der Waals surface area contributed by atoms with E-state index in [-0.39, 0.29) is 12.0 Å². The maximum absolute atomic E-state index is 11.6. The zero-order valence-electron chi connectivity index (χ0n) is 11.0. The highest BCUT2D eigenvalue weighted by Gasteiger charge is 2.20. The molecule has 0 fully saturated rings. The van der Waals surface area contributed by atoms with Crippen LogP contribution in [0.15, 0.2) is 12.1 Å². The summed E-state index contributed by atoms with van der Waals surface area (Å²) in [6.07, 6.45) is 1.47. The number of hydrogen-bond donors (Lipinski definition) is 0. The molecule has 17 heavy (non-hydrogen) atoms. The highest BCUT2D eigenvalue weighted by molar-refractivity contribution is 7.12. The Kier molecular flexibility index (Phi) is 5.65. The van der Waals surface area contributed by atoms with Crippen molar-refractivity contribution in [1.82, 2.24) is 4.90 Å². The number of esters is 1. The van der Waals surface area contributed by atoms with Gasteiger partial charge in [-0.25, -0.2) is 0 Å². The molecular formula is C13H21NO2S. The Hall–Kier alpha value is -0.870. The summed E-state index contributed by atoms with van der Waals surface area (Å²) in [4.78, 5) is 16.2. The summed E-state index contributed by atoms with van der Waals surface area (Å²) in [5, 5.41) is 0. The third-order valence-electron chi connectivity index (χ3n) is 2.65. The van der Waals surface area contributed by atoms with Crippen molar-refractivity contribution in [3.63, 3.8) is 0 Å². The van der Waals surface area contributed by atoms with Gasteiger partial charge in [0.25, 0.3) is 0 Å². The number of carbonyl (C=O) groups excluding carboxylic acids is 1. The van der Waals surface area contributed by atoms with E-state index in [1.807, 2.05) is 21.0 Å². The monoisotopic (exact) mass is 255 g/mol. The van der Waals surface area contributed by atoms with Crippen LogP contribution in [0.4, 0.5) is 0 Å². The Balaban J connectivity index is 2.75. The molecule has 0 radical (unpaired) electrons. The van der Waals surface area contributed by atoms with E-state index in [1.165, 1.54) is 9.75 Å². The largest absolute Gasteiger partial charge is 0.466 e. The van der Waals surface area contributed by atoms with Gasteiger partial charge in [-0.15, -0.1) is 11.3 Å². The molecular weight excluding hydrogens is 234 g/mol. The van der Waals surface area contributed by atoms with Crippen molar-refractivity contribution in [2.24, 2.45) is 0 Å². The van der Waals surface area contributed by atoms with E-state index in [0.717, 1.165) is 6.42 Å². The van der Waals surface area contributed by atoms with Crippen molar-refractivity contribution >= 4 is 17.3 Å². The summed E-state index contributed by atoms with van der Waals surface area (Å²) in [6, 6.07) is 4.38. The van der Waals surface area contributed by atoms with Gasteiger partial charge >= 0.3 is 5.97 Å². The lowest BCUT2D eigenvalue weighted by atomic mass is 10.1. The van der Waals surface area contributed by atoms with Gasteiger partial charge in [0.2, 0.25) is 0 Å². The molecule has 4 heteroatoms. The van der Waals surface area contributed by atoms with E-state index in [1.54, 1.807) is 11.3 Å². The van der Waals surface area contributed by atoms with Crippen LogP contribution >= 0.6 is 11.3 Å². The summed E-state index contributed by atoms with van der Waals surface area (Å²) >= 11 is 1.78. The van der Waals surface area contributed by atoms with Crippen LogP contribution in [0.1, 0.15) is 36.1 Å². The minimum atomic E-state index is -0.127. The number of thiophene rings is 1. The average molecular weight is 255 g/mol. The standard InChI is InChI=1S/C13H21NO2S/c1-5-10-7-8-12(17-10)11(14(3)4)9-13(15)16-6-2/h7-8,11H,5-6,9H2,1-4H3. The number of ether oxygens (including phenoxy) is 1. The first-order valence-corrected chi connectivity index (χ1v) is 6.80. The molecule has 0 aromatic carbocycles. The third kappa shape index (κ3) is 4.13. The molecule has 1 rings (SSSR count). The van der Waals surface area contributed by atoms with Gasteiger partial charge in [-0.1, -0.05) is 6.92 Å². The molecule has 3 nitrogen and oxygen atoms in total. The Labute approximate surface area is 107 Å². The number of carbonyl (C=O) groups is 1. The van der Waals surface area contributed by atoms with Crippen molar-refractivity contribution in [2.75, 3.05) is 20.7 Å². The maximum Gasteiger partial charge on any atom is 0.307 e. The lowest BCUT2D eigenvalue weighted by Crippen LogP contribution is -2.23. The molecule has 0 aliphatic heterocycles. The molecule has 0 saturated carbocycles. The molecule has 0 bridgehead atoms. The summed E-state index contributed by atoms with van der Waals surface area (Å²) in [5.41, 5.74) is 0. The van der Waals surface area contributed by atoms with E-state index in [2.05, 4.69) is 24.0 Å². The van der Waals surface area contributed by atoms with E-state index < -0.39 is 0 Å². The fourth-order valence-electron chi connectivity index (χ4n) is 1.68. The van der Waals surface area contributed by atoms with Crippen LogP contribution in [-0.4, -0.2) is 31.6 Å². The second-order valence-corrected chi connectivity index (χ2v) is 5.35. The smallest absolute Gasteiger partial charge is 0.307 e. The van der Waals surface area contributed by atoms with Crippen LogP contribution in [0, 0.1) is 0 Å². The lowest BCUT2D eigenvalue weighted by molar-refractivity contribution is -0.144. The minimum Gasteiger partial charge on any atom is -0.466 e. The first kappa shape index (κ1) is 14.2. The Morgan fingerprint density at radius 3 is 2.59 bits per heavy atom. The van der Waals surface area contributed by atoms with Crippen molar-refractivity contribution in [1.29, 1.82) is 0 Å². The highest BCUT2D eigenvalue weighted by atomic mass is 32.1. The van der Waals surface area contributed by atoms with Crippen molar-refractivity contribution < 1.29 is 9.53 Å². The van der Waals surface area contributed by atoms with Crippen molar-refractivity contribution in [2.45, 2.75) is 32.7 Å². The van der Waals surface area contributed by atoms with Gasteiger partial charge in [0.1, 0.15) is 0 Å². The number of aryl methyl sites for hydroxylation is 1. The molecule has 0 aliphatic carbocycles. The van der Waals surface area contributed by atoms with Crippen molar-refractivity contribution in [3.05, 3.63) is 21.9 Å². The van der Waals surface area contributed by atoms with Crippen LogP contribution in [0.25, 0.3) is 0 Å². The van der Waals surface area contributed by atoms with Crippen LogP contribution in [-0.2, 0) is 16.0 Å². The Bertz CT molecular complexity index is 360. The van der Waals surface area contributed by atoms with Crippen LogP contribution in [0.3, 0.4) is 0 Å². The molecule has 0 N–H and O–H groups in total. The Morgan fingerprint density at radius 1 is 1.41 bits per heavy atom. The minimum absolute atomic E-state index is 0.124. The molecule has 0 amide bonds. The van der Waals surface area contributed by atoms with Gasteiger partial charge in [-0.2, -0.15) is 0 Å². The topological polar surface area (TPSA) is 29.5 Å². The molecule has 0 saturated heterocycles. The average Bonchev–Trinajstić information content (AvgIpc) is 2.74. The number of nitrogens with zero attached hydrogens (tertiary/aromatic N) is 1. The quantitative estimate of drug-likeness (QED) is 0.732. The predicted octanol–water partition coefficient (Wildman–Crippen LogP) is 2.87. The molecule has 0 aliphatic rings. The van der Waals surface area contributed by atoms with E-state index >= 15 is 0 Å². The Morgan fingerprint density at radius 2 is 2.12 bits per heavy atom. The van der Waals surface area contributed by atoms with Gasteiger partial charge < -0.3 is 9.64 Å². The summed E-state index contributed by atoms with van der Waals surface area (Å²) in [7, 11) is 3.99. The van der Waals surface area contributed by atoms with Crippen molar-refractivity contribution in [3.8, 4) is 0 Å². The molecule has 0 spiro atoms. The van der Waals surface area contributed by atoms with Gasteiger partial charge in [-0.3, -0.25) is 4.79 Å². The molecule has 1 heterocycles. The predicted molar refractivity (Wildman–Crippen MR) is 71.4 cm³/mol. The van der Waals surface area contributed by atoms with Crippen LogP contribution < -0.4 is 0 Å². The second kappa shape index (κ2) is 6.77. The normalized spacial score (nSPS) is 12.8. The number of hydrogen-bond acceptors (Lipinski definition) is 4. The fourth-order valence-corrected chi connectivity index (χ4v) is 2.83. The summed E-state index contributed by atoms with van der Waals surface area (Å²) in [6.45, 7) is 4.43. The first-order valence-electron chi connectivity index (χ1n) is 5.99. The van der Waals surface area contributed by atoms with E-state index in [0.29, 0.717) is 13.0 Å². The summed E-state index contributed by atoms with van der Waals surface area (Å²) < 4.78 is 5.02. The van der Waals surface area contributed by atoms with Gasteiger partial charge in [-0.05, 0) is 39.6 Å². The van der Waals surface area contributed by atoms with Gasteiger partial charge in [0, 0.05) is 9.75 Å².